The SMILES string of the molecule is CCCC(NN)c1ccc(C)cc1C. The summed E-state index contributed by atoms with van der Waals surface area (Å²) in [5.74, 6) is 5.55. The van der Waals surface area contributed by atoms with Gasteiger partial charge in [0, 0.05) is 6.04 Å². The van der Waals surface area contributed by atoms with Crippen molar-refractivity contribution in [1.29, 1.82) is 0 Å². The predicted molar refractivity (Wildman–Crippen MR) is 60.9 cm³/mol. The number of hydrazine groups is 1. The lowest BCUT2D eigenvalue weighted by Gasteiger charge is -2.18. The Kier molecular flexibility index (Phi) is 4.11. The van der Waals surface area contributed by atoms with E-state index in [0.29, 0.717) is 6.04 Å². The fourth-order valence-electron chi connectivity index (χ4n) is 1.83. The van der Waals surface area contributed by atoms with Crippen molar-refractivity contribution in [2.45, 2.75) is 39.7 Å². The maximum absolute atomic E-state index is 5.55. The van der Waals surface area contributed by atoms with Crippen LogP contribution in [0.1, 0.15) is 42.5 Å². The van der Waals surface area contributed by atoms with Crippen LogP contribution in [0, 0.1) is 13.8 Å². The lowest BCUT2D eigenvalue weighted by molar-refractivity contribution is 0.508. The van der Waals surface area contributed by atoms with Crippen LogP contribution in [0.3, 0.4) is 0 Å². The predicted octanol–water partition coefficient (Wildman–Crippen LogP) is 2.61. The minimum Gasteiger partial charge on any atom is -0.271 e. The Labute approximate surface area is 86.5 Å². The van der Waals surface area contributed by atoms with E-state index in [1.807, 2.05) is 0 Å². The van der Waals surface area contributed by atoms with E-state index >= 15 is 0 Å². The van der Waals surface area contributed by atoms with Crippen molar-refractivity contribution in [2.75, 3.05) is 0 Å². The van der Waals surface area contributed by atoms with Crippen LogP contribution in [-0.2, 0) is 0 Å². The third-order valence-electron chi connectivity index (χ3n) is 2.58. The molecule has 0 bridgehead atoms. The Morgan fingerprint density at radius 3 is 2.57 bits per heavy atom. The number of nitrogens with one attached hydrogen (secondary N) is 1. The Morgan fingerprint density at radius 1 is 1.36 bits per heavy atom. The third kappa shape index (κ3) is 2.56. The summed E-state index contributed by atoms with van der Waals surface area (Å²) in [6, 6.07) is 6.81. The number of nitrogens with two attached hydrogens (primary N) is 1. The van der Waals surface area contributed by atoms with Crippen molar-refractivity contribution in [1.82, 2.24) is 5.43 Å². The number of hydrogen-bond donors (Lipinski definition) is 2. The van der Waals surface area contributed by atoms with E-state index in [9.17, 15) is 0 Å². The van der Waals surface area contributed by atoms with E-state index in [-0.39, 0.29) is 0 Å². The lowest BCUT2D eigenvalue weighted by Crippen LogP contribution is -2.28. The first kappa shape index (κ1) is 11.2. The zero-order valence-electron chi connectivity index (χ0n) is 9.30. The summed E-state index contributed by atoms with van der Waals surface area (Å²) in [6.45, 7) is 6.43. The molecule has 0 amide bonds. The molecule has 0 fully saturated rings. The molecular weight excluding hydrogens is 172 g/mol. The van der Waals surface area contributed by atoms with Gasteiger partial charge in [0.15, 0.2) is 0 Å². The first-order valence-corrected chi connectivity index (χ1v) is 5.22. The highest BCUT2D eigenvalue weighted by atomic mass is 15.2. The summed E-state index contributed by atoms with van der Waals surface area (Å²) in [5.41, 5.74) is 6.82. The molecule has 1 unspecified atom stereocenters. The van der Waals surface area contributed by atoms with Crippen LogP contribution in [-0.4, -0.2) is 0 Å². The zero-order chi connectivity index (χ0) is 10.6. The Balaban J connectivity index is 2.92. The van der Waals surface area contributed by atoms with Crippen LogP contribution >= 0.6 is 0 Å². The quantitative estimate of drug-likeness (QED) is 0.568. The summed E-state index contributed by atoms with van der Waals surface area (Å²) in [6.07, 6.45) is 2.22. The smallest absolute Gasteiger partial charge is 0.0462 e. The molecule has 2 nitrogen and oxygen atoms in total. The van der Waals surface area contributed by atoms with Crippen LogP contribution in [0.4, 0.5) is 0 Å². The molecular formula is C12H20N2. The molecule has 0 aliphatic carbocycles. The topological polar surface area (TPSA) is 38.0 Å². The molecule has 3 N–H and O–H groups in total. The lowest BCUT2D eigenvalue weighted by atomic mass is 9.97. The summed E-state index contributed by atoms with van der Waals surface area (Å²) < 4.78 is 0. The minimum absolute atomic E-state index is 0.292. The van der Waals surface area contributed by atoms with Crippen molar-refractivity contribution >= 4 is 0 Å². The Bertz CT molecular complexity index is 294. The normalized spacial score (nSPS) is 12.9. The van der Waals surface area contributed by atoms with Gasteiger partial charge < -0.3 is 0 Å². The molecule has 1 aromatic rings. The van der Waals surface area contributed by atoms with Gasteiger partial charge in [-0.3, -0.25) is 11.3 Å². The van der Waals surface area contributed by atoms with Crippen molar-refractivity contribution in [3.05, 3.63) is 34.9 Å². The maximum Gasteiger partial charge on any atom is 0.0462 e. The van der Waals surface area contributed by atoms with Gasteiger partial charge in [0.05, 0.1) is 0 Å². The van der Waals surface area contributed by atoms with E-state index in [4.69, 9.17) is 5.84 Å². The van der Waals surface area contributed by atoms with Crippen molar-refractivity contribution in [3.8, 4) is 0 Å². The van der Waals surface area contributed by atoms with Gasteiger partial charge in [0.2, 0.25) is 0 Å². The monoisotopic (exact) mass is 192 g/mol. The van der Waals surface area contributed by atoms with Gasteiger partial charge in [-0.05, 0) is 31.4 Å². The van der Waals surface area contributed by atoms with Gasteiger partial charge in [0.25, 0.3) is 0 Å². The molecule has 1 aromatic carbocycles. The third-order valence-corrected chi connectivity index (χ3v) is 2.58. The van der Waals surface area contributed by atoms with Gasteiger partial charge in [-0.15, -0.1) is 0 Å². The number of aryl methyl sites for hydroxylation is 2. The van der Waals surface area contributed by atoms with E-state index in [1.165, 1.54) is 16.7 Å². The van der Waals surface area contributed by atoms with Crippen LogP contribution < -0.4 is 11.3 Å². The standard InChI is InChI=1S/C12H20N2/c1-4-5-12(14-13)11-7-6-9(2)8-10(11)3/h6-8,12,14H,4-5,13H2,1-3H3. The highest BCUT2D eigenvalue weighted by Crippen LogP contribution is 2.21. The summed E-state index contributed by atoms with van der Waals surface area (Å²) >= 11 is 0. The van der Waals surface area contributed by atoms with Crippen LogP contribution in [0.2, 0.25) is 0 Å². The molecule has 14 heavy (non-hydrogen) atoms. The minimum atomic E-state index is 0.292. The summed E-state index contributed by atoms with van der Waals surface area (Å²) in [7, 11) is 0. The molecule has 0 aliphatic heterocycles. The molecule has 0 saturated heterocycles. The number of benzene rings is 1. The van der Waals surface area contributed by atoms with Crippen LogP contribution in [0.15, 0.2) is 18.2 Å². The average Bonchev–Trinajstić information content (AvgIpc) is 2.15. The van der Waals surface area contributed by atoms with Crippen molar-refractivity contribution in [2.24, 2.45) is 5.84 Å². The van der Waals surface area contributed by atoms with Crippen molar-refractivity contribution < 1.29 is 0 Å². The molecule has 1 rings (SSSR count). The Hall–Kier alpha value is -0.860. The van der Waals surface area contributed by atoms with E-state index in [1.54, 1.807) is 0 Å². The second-order valence-electron chi connectivity index (χ2n) is 3.87. The van der Waals surface area contributed by atoms with Crippen molar-refractivity contribution in [3.63, 3.8) is 0 Å². The first-order valence-electron chi connectivity index (χ1n) is 5.22. The Morgan fingerprint density at radius 2 is 2.07 bits per heavy atom. The van der Waals surface area contributed by atoms with Gasteiger partial charge in [-0.1, -0.05) is 37.1 Å². The molecule has 2 heteroatoms. The second-order valence-corrected chi connectivity index (χ2v) is 3.87. The molecule has 0 radical (unpaired) electrons. The molecule has 0 aliphatic rings. The molecule has 78 valence electrons. The number of rotatable bonds is 4. The van der Waals surface area contributed by atoms with Gasteiger partial charge in [0.1, 0.15) is 0 Å². The summed E-state index contributed by atoms with van der Waals surface area (Å²) in [5, 5.41) is 0. The molecule has 0 spiro atoms. The molecule has 0 heterocycles. The van der Waals surface area contributed by atoms with Crippen LogP contribution in [0.25, 0.3) is 0 Å². The van der Waals surface area contributed by atoms with Gasteiger partial charge in [-0.25, -0.2) is 0 Å². The highest BCUT2D eigenvalue weighted by Gasteiger charge is 2.10. The average molecular weight is 192 g/mol. The second kappa shape index (κ2) is 5.13. The number of hydrogen-bond acceptors (Lipinski definition) is 2. The molecule has 1 atom stereocenters. The van der Waals surface area contributed by atoms with E-state index in [2.05, 4.69) is 44.4 Å². The fourth-order valence-corrected chi connectivity index (χ4v) is 1.83. The maximum atomic E-state index is 5.55. The first-order chi connectivity index (χ1) is 6.69. The molecule has 0 aromatic heterocycles. The fraction of sp³-hybridized carbons (Fsp3) is 0.500. The largest absolute Gasteiger partial charge is 0.271 e. The summed E-state index contributed by atoms with van der Waals surface area (Å²) in [4.78, 5) is 0. The van der Waals surface area contributed by atoms with E-state index in [0.717, 1.165) is 12.8 Å². The van der Waals surface area contributed by atoms with Crippen LogP contribution in [0.5, 0.6) is 0 Å². The van der Waals surface area contributed by atoms with Gasteiger partial charge in [-0.2, -0.15) is 0 Å². The highest BCUT2D eigenvalue weighted by molar-refractivity contribution is 5.32. The zero-order valence-corrected chi connectivity index (χ0v) is 9.30. The van der Waals surface area contributed by atoms with E-state index < -0.39 is 0 Å². The van der Waals surface area contributed by atoms with Gasteiger partial charge >= 0.3 is 0 Å². The molecule has 0 saturated carbocycles.